The quantitative estimate of drug-likeness (QED) is 0.501. The Bertz CT molecular complexity index is 89.1. The third-order valence-electron chi connectivity index (χ3n) is 1.90. The second-order valence-electron chi connectivity index (χ2n) is 2.68. The molecule has 1 saturated heterocycles. The Hall–Kier alpha value is -0.120. The molecule has 0 spiro atoms. The van der Waals surface area contributed by atoms with Crippen molar-refractivity contribution in [1.29, 1.82) is 0 Å². The van der Waals surface area contributed by atoms with E-state index >= 15 is 0 Å². The lowest BCUT2D eigenvalue weighted by molar-refractivity contribution is 0.0561. The van der Waals surface area contributed by atoms with Gasteiger partial charge in [-0.2, -0.15) is 0 Å². The highest BCUT2D eigenvalue weighted by molar-refractivity contribution is 4.86. The van der Waals surface area contributed by atoms with Gasteiger partial charge in [0.25, 0.3) is 0 Å². The van der Waals surface area contributed by atoms with Gasteiger partial charge in [0.15, 0.2) is 0 Å². The molecular weight excluding hydrogens is 116 g/mol. The van der Waals surface area contributed by atoms with E-state index in [0.717, 1.165) is 26.1 Å². The van der Waals surface area contributed by atoms with Crippen molar-refractivity contribution in [2.75, 3.05) is 19.8 Å². The van der Waals surface area contributed by atoms with Crippen LogP contribution in [-0.2, 0) is 4.74 Å². The normalized spacial score (nSPS) is 26.0. The van der Waals surface area contributed by atoms with Gasteiger partial charge in [-0.25, -0.2) is 0 Å². The molecular formula is C6H14N2O. The van der Waals surface area contributed by atoms with E-state index in [4.69, 9.17) is 16.2 Å². The van der Waals surface area contributed by atoms with Crippen molar-refractivity contribution in [3.63, 3.8) is 0 Å². The molecule has 3 nitrogen and oxygen atoms in total. The van der Waals surface area contributed by atoms with Crippen molar-refractivity contribution in [3.05, 3.63) is 0 Å². The molecule has 1 heterocycles. The Morgan fingerprint density at radius 2 is 1.89 bits per heavy atom. The first-order valence-corrected chi connectivity index (χ1v) is 3.33. The fourth-order valence-corrected chi connectivity index (χ4v) is 0.982. The Balaban J connectivity index is 2.37. The molecule has 1 aliphatic heterocycles. The standard InChI is InChI=1S/C6H14N2O/c7-5-6(8)1-3-9-4-2-6/h1-5,7-8H2. The second-order valence-corrected chi connectivity index (χ2v) is 2.68. The first kappa shape index (κ1) is 6.99. The van der Waals surface area contributed by atoms with Gasteiger partial charge >= 0.3 is 0 Å². The van der Waals surface area contributed by atoms with E-state index < -0.39 is 0 Å². The molecule has 0 amide bonds. The molecule has 0 unspecified atom stereocenters. The topological polar surface area (TPSA) is 61.3 Å². The summed E-state index contributed by atoms with van der Waals surface area (Å²) < 4.78 is 5.13. The molecule has 1 aliphatic rings. The van der Waals surface area contributed by atoms with Crippen LogP contribution in [0.3, 0.4) is 0 Å². The number of nitrogens with two attached hydrogens (primary N) is 2. The molecule has 3 heteroatoms. The SMILES string of the molecule is NCC1(N)CCOCC1. The predicted octanol–water partition coefficient (Wildman–Crippen LogP) is -0.547. The van der Waals surface area contributed by atoms with Crippen LogP contribution in [0.1, 0.15) is 12.8 Å². The number of hydrogen-bond acceptors (Lipinski definition) is 3. The molecule has 0 bridgehead atoms. The first-order chi connectivity index (χ1) is 4.27. The lowest BCUT2D eigenvalue weighted by atomic mass is 9.92. The van der Waals surface area contributed by atoms with Crippen molar-refractivity contribution in [2.45, 2.75) is 18.4 Å². The smallest absolute Gasteiger partial charge is 0.0484 e. The maximum Gasteiger partial charge on any atom is 0.0484 e. The van der Waals surface area contributed by atoms with Gasteiger partial charge in [-0.05, 0) is 12.8 Å². The van der Waals surface area contributed by atoms with Crippen LogP contribution in [0.5, 0.6) is 0 Å². The zero-order valence-corrected chi connectivity index (χ0v) is 5.60. The van der Waals surface area contributed by atoms with E-state index in [0.29, 0.717) is 6.54 Å². The number of rotatable bonds is 1. The lowest BCUT2D eigenvalue weighted by Gasteiger charge is -2.31. The van der Waals surface area contributed by atoms with Crippen LogP contribution in [0, 0.1) is 0 Å². The van der Waals surface area contributed by atoms with Gasteiger partial charge in [0.05, 0.1) is 0 Å². The summed E-state index contributed by atoms with van der Waals surface area (Å²) in [5.41, 5.74) is 11.2. The zero-order valence-electron chi connectivity index (χ0n) is 5.60. The van der Waals surface area contributed by atoms with Gasteiger partial charge in [-0.15, -0.1) is 0 Å². The van der Waals surface area contributed by atoms with Crippen LogP contribution in [0.15, 0.2) is 0 Å². The van der Waals surface area contributed by atoms with Gasteiger partial charge < -0.3 is 16.2 Å². The Labute approximate surface area is 55.4 Å². The van der Waals surface area contributed by atoms with Gasteiger partial charge in [0.1, 0.15) is 0 Å². The van der Waals surface area contributed by atoms with Crippen molar-refractivity contribution in [1.82, 2.24) is 0 Å². The molecule has 4 N–H and O–H groups in total. The minimum atomic E-state index is -0.127. The van der Waals surface area contributed by atoms with Gasteiger partial charge in [0, 0.05) is 25.3 Å². The highest BCUT2D eigenvalue weighted by Crippen LogP contribution is 2.15. The van der Waals surface area contributed by atoms with Crippen LogP contribution in [0.2, 0.25) is 0 Å². The average Bonchev–Trinajstić information content (AvgIpc) is 1.90. The summed E-state index contributed by atoms with van der Waals surface area (Å²) in [5, 5.41) is 0. The maximum atomic E-state index is 5.85. The van der Waals surface area contributed by atoms with Crippen molar-refractivity contribution >= 4 is 0 Å². The molecule has 1 rings (SSSR count). The van der Waals surface area contributed by atoms with E-state index in [2.05, 4.69) is 0 Å². The summed E-state index contributed by atoms with van der Waals surface area (Å²) >= 11 is 0. The lowest BCUT2D eigenvalue weighted by Crippen LogP contribution is -2.50. The van der Waals surface area contributed by atoms with E-state index in [9.17, 15) is 0 Å². The van der Waals surface area contributed by atoms with Crippen molar-refractivity contribution in [3.8, 4) is 0 Å². The molecule has 0 aliphatic carbocycles. The van der Waals surface area contributed by atoms with E-state index in [1.807, 2.05) is 0 Å². The fourth-order valence-electron chi connectivity index (χ4n) is 0.982. The van der Waals surface area contributed by atoms with E-state index in [1.165, 1.54) is 0 Å². The van der Waals surface area contributed by atoms with E-state index in [-0.39, 0.29) is 5.54 Å². The van der Waals surface area contributed by atoms with Gasteiger partial charge in [0.2, 0.25) is 0 Å². The molecule has 0 aromatic carbocycles. The third-order valence-corrected chi connectivity index (χ3v) is 1.90. The van der Waals surface area contributed by atoms with Crippen LogP contribution in [0.4, 0.5) is 0 Å². The van der Waals surface area contributed by atoms with E-state index in [1.54, 1.807) is 0 Å². The highest BCUT2D eigenvalue weighted by Gasteiger charge is 2.25. The summed E-state index contributed by atoms with van der Waals surface area (Å²) in [6.07, 6.45) is 1.81. The number of ether oxygens (including phenoxy) is 1. The Kier molecular flexibility index (Phi) is 2.05. The zero-order chi connectivity index (χ0) is 6.74. The molecule has 1 fully saturated rings. The summed E-state index contributed by atoms with van der Waals surface area (Å²) in [4.78, 5) is 0. The summed E-state index contributed by atoms with van der Waals surface area (Å²) in [6, 6.07) is 0. The van der Waals surface area contributed by atoms with Crippen LogP contribution < -0.4 is 11.5 Å². The van der Waals surface area contributed by atoms with Crippen molar-refractivity contribution in [2.24, 2.45) is 11.5 Å². The Morgan fingerprint density at radius 1 is 1.33 bits per heavy atom. The minimum absolute atomic E-state index is 0.127. The van der Waals surface area contributed by atoms with Crippen LogP contribution in [0.25, 0.3) is 0 Å². The predicted molar refractivity (Wildman–Crippen MR) is 36.0 cm³/mol. The molecule has 0 saturated carbocycles. The van der Waals surface area contributed by atoms with Gasteiger partial charge in [-0.1, -0.05) is 0 Å². The molecule has 54 valence electrons. The number of hydrogen-bond donors (Lipinski definition) is 2. The largest absolute Gasteiger partial charge is 0.381 e. The molecule has 0 atom stereocenters. The second kappa shape index (κ2) is 2.64. The maximum absolute atomic E-state index is 5.85. The first-order valence-electron chi connectivity index (χ1n) is 3.33. The molecule has 0 aromatic heterocycles. The molecule has 0 aromatic rings. The average molecular weight is 130 g/mol. The highest BCUT2D eigenvalue weighted by atomic mass is 16.5. The monoisotopic (exact) mass is 130 g/mol. The molecule has 9 heavy (non-hydrogen) atoms. The summed E-state index contributed by atoms with van der Waals surface area (Å²) in [7, 11) is 0. The third kappa shape index (κ3) is 1.64. The van der Waals surface area contributed by atoms with Crippen LogP contribution >= 0.6 is 0 Å². The van der Waals surface area contributed by atoms with Crippen molar-refractivity contribution < 1.29 is 4.74 Å². The molecule has 0 radical (unpaired) electrons. The fraction of sp³-hybridized carbons (Fsp3) is 1.00. The minimum Gasteiger partial charge on any atom is -0.381 e. The van der Waals surface area contributed by atoms with Gasteiger partial charge in [-0.3, -0.25) is 0 Å². The summed E-state index contributed by atoms with van der Waals surface area (Å²) in [5.74, 6) is 0. The van der Waals surface area contributed by atoms with Crippen LogP contribution in [-0.4, -0.2) is 25.3 Å². The summed E-state index contributed by atoms with van der Waals surface area (Å²) in [6.45, 7) is 2.12. The Morgan fingerprint density at radius 3 is 2.22 bits per heavy atom.